The maximum absolute atomic E-state index is 11.3. The van der Waals surface area contributed by atoms with Crippen LogP contribution in [-0.2, 0) is 9.36 Å². The maximum Gasteiger partial charge on any atom is 0.335 e. The molecule has 1 rings (SSSR count). The first-order valence-corrected chi connectivity index (χ1v) is 10.8. The van der Waals surface area contributed by atoms with E-state index < -0.39 is 19.0 Å². The van der Waals surface area contributed by atoms with Crippen LogP contribution in [0.3, 0.4) is 0 Å². The number of methoxy groups -OCH3 is 1. The first-order chi connectivity index (χ1) is 12.3. The molecule has 0 heterocycles. The highest BCUT2D eigenvalue weighted by Crippen LogP contribution is 2.44. The van der Waals surface area contributed by atoms with E-state index in [-0.39, 0.29) is 6.42 Å². The van der Waals surface area contributed by atoms with Crippen LogP contribution in [0, 0.1) is 0 Å². The van der Waals surface area contributed by atoms with E-state index in [1.807, 2.05) is 0 Å². The number of Topliss-reactive ketones (excluding diaryl/α,β-unsaturated/α-hetero) is 1. The van der Waals surface area contributed by atoms with Crippen molar-refractivity contribution in [3.8, 4) is 11.5 Å². The van der Waals surface area contributed by atoms with E-state index in [4.69, 9.17) is 30.9 Å². The summed E-state index contributed by atoms with van der Waals surface area (Å²) in [5, 5.41) is 0.523. The van der Waals surface area contributed by atoms with Gasteiger partial charge in [-0.3, -0.25) is 9.36 Å². The molecule has 0 saturated heterocycles. The number of hydrogen-bond acceptors (Lipinski definition) is 4. The molecule has 0 aliphatic heterocycles. The second-order valence-corrected chi connectivity index (χ2v) is 8.48. The van der Waals surface area contributed by atoms with Crippen molar-refractivity contribution in [2.75, 3.05) is 13.7 Å². The van der Waals surface area contributed by atoms with Crippen LogP contribution in [0.15, 0.2) is 18.2 Å². The number of carbonyl (C=O) groups excluding carboxylic acids is 1. The highest BCUT2D eigenvalue weighted by Gasteiger charge is 2.31. The highest BCUT2D eigenvalue weighted by molar-refractivity contribution is 7.53. The van der Waals surface area contributed by atoms with Crippen molar-refractivity contribution in [1.29, 1.82) is 0 Å². The molecule has 0 bridgehead atoms. The van der Waals surface area contributed by atoms with Gasteiger partial charge in [-0.1, -0.05) is 43.7 Å². The lowest BCUT2D eigenvalue weighted by atomic mass is 10.1. The van der Waals surface area contributed by atoms with Crippen molar-refractivity contribution in [3.63, 3.8) is 0 Å². The number of carbonyl (C=O) groups is 1. The Labute approximate surface area is 160 Å². The summed E-state index contributed by atoms with van der Waals surface area (Å²) in [6.45, 7) is 1.81. The van der Waals surface area contributed by atoms with Gasteiger partial charge in [0.1, 0.15) is 22.9 Å². The molecule has 2 N–H and O–H groups in total. The van der Waals surface area contributed by atoms with E-state index in [0.29, 0.717) is 29.5 Å². The zero-order chi connectivity index (χ0) is 19.6. The van der Waals surface area contributed by atoms with Crippen LogP contribution in [0.1, 0.15) is 51.9 Å². The molecule has 6 nitrogen and oxygen atoms in total. The molecule has 1 aromatic rings. The summed E-state index contributed by atoms with van der Waals surface area (Å²) in [7, 11) is -2.74. The van der Waals surface area contributed by atoms with Gasteiger partial charge in [-0.25, -0.2) is 0 Å². The zero-order valence-corrected chi connectivity index (χ0v) is 17.0. The number of benzene rings is 1. The van der Waals surface area contributed by atoms with E-state index in [0.717, 1.165) is 32.1 Å². The van der Waals surface area contributed by atoms with Crippen molar-refractivity contribution in [2.45, 2.75) is 57.5 Å². The molecule has 0 fully saturated rings. The molecule has 0 aromatic heterocycles. The summed E-state index contributed by atoms with van der Waals surface area (Å²) in [6.07, 6.45) is 5.64. The molecular weight excluding hydrogens is 379 g/mol. The van der Waals surface area contributed by atoms with Crippen molar-refractivity contribution >= 4 is 25.0 Å². The molecule has 0 aliphatic rings. The molecule has 1 atom stereocenters. The standard InChI is InChI=1S/C18H28ClO6P/c1-14(20)18(26(21,22)23)9-7-5-3-4-6-8-12-25-17-11-10-15(24-2)13-16(17)19/h10-11,13,18H,3-9,12H2,1-2H3,(H2,21,22,23). The van der Waals surface area contributed by atoms with Crippen molar-refractivity contribution < 1.29 is 28.6 Å². The van der Waals surface area contributed by atoms with Crippen LogP contribution in [0.2, 0.25) is 5.02 Å². The smallest absolute Gasteiger partial charge is 0.335 e. The van der Waals surface area contributed by atoms with Gasteiger partial charge in [0.2, 0.25) is 0 Å². The molecule has 0 aliphatic carbocycles. The quantitative estimate of drug-likeness (QED) is 0.367. The number of ether oxygens (including phenoxy) is 2. The fourth-order valence-corrected chi connectivity index (χ4v) is 3.88. The molecule has 1 unspecified atom stereocenters. The minimum Gasteiger partial charge on any atom is -0.497 e. The summed E-state index contributed by atoms with van der Waals surface area (Å²) < 4.78 is 22.0. The average molecular weight is 407 g/mol. The zero-order valence-electron chi connectivity index (χ0n) is 15.3. The van der Waals surface area contributed by atoms with Crippen LogP contribution in [0.25, 0.3) is 0 Å². The number of ketones is 1. The lowest BCUT2D eigenvalue weighted by Gasteiger charge is -2.14. The third-order valence-corrected chi connectivity index (χ3v) is 5.87. The number of unbranched alkanes of at least 4 members (excludes halogenated alkanes) is 5. The van der Waals surface area contributed by atoms with Gasteiger partial charge >= 0.3 is 7.60 Å². The Balaban J connectivity index is 2.11. The molecule has 0 radical (unpaired) electrons. The topological polar surface area (TPSA) is 93.1 Å². The summed E-state index contributed by atoms with van der Waals surface area (Å²) in [6, 6.07) is 5.30. The molecular formula is C18H28ClO6P. The van der Waals surface area contributed by atoms with Gasteiger partial charge in [0, 0.05) is 6.07 Å². The van der Waals surface area contributed by atoms with Crippen LogP contribution in [0.4, 0.5) is 0 Å². The van der Waals surface area contributed by atoms with Crippen molar-refractivity contribution in [2.24, 2.45) is 0 Å². The fourth-order valence-electron chi connectivity index (χ4n) is 2.66. The van der Waals surface area contributed by atoms with Gasteiger partial charge < -0.3 is 19.3 Å². The number of hydrogen-bond donors (Lipinski definition) is 2. The van der Waals surface area contributed by atoms with E-state index >= 15 is 0 Å². The van der Waals surface area contributed by atoms with Crippen LogP contribution in [0.5, 0.6) is 11.5 Å². The second-order valence-electron chi connectivity index (χ2n) is 6.27. The molecule has 0 amide bonds. The third-order valence-electron chi connectivity index (χ3n) is 4.14. The lowest BCUT2D eigenvalue weighted by molar-refractivity contribution is -0.117. The highest BCUT2D eigenvalue weighted by atomic mass is 35.5. The summed E-state index contributed by atoms with van der Waals surface area (Å²) >= 11 is 6.10. The van der Waals surface area contributed by atoms with E-state index in [9.17, 15) is 9.36 Å². The fraction of sp³-hybridized carbons (Fsp3) is 0.611. The predicted molar refractivity (Wildman–Crippen MR) is 102 cm³/mol. The van der Waals surface area contributed by atoms with E-state index in [2.05, 4.69) is 0 Å². The Hall–Kier alpha value is -1.07. The minimum atomic E-state index is -4.33. The Morgan fingerprint density at radius 2 is 1.77 bits per heavy atom. The average Bonchev–Trinajstić information content (AvgIpc) is 2.56. The normalized spacial score (nSPS) is 12.7. The monoisotopic (exact) mass is 406 g/mol. The number of rotatable bonds is 13. The SMILES string of the molecule is COc1ccc(OCCCCCCCCC(C(C)=O)P(=O)(O)O)c(Cl)c1. The van der Waals surface area contributed by atoms with Crippen molar-refractivity contribution in [1.82, 2.24) is 0 Å². The lowest BCUT2D eigenvalue weighted by Crippen LogP contribution is -2.17. The van der Waals surface area contributed by atoms with Gasteiger partial charge in [0.05, 0.1) is 18.7 Å². The molecule has 8 heteroatoms. The summed E-state index contributed by atoms with van der Waals surface area (Å²) in [5.74, 6) is 0.890. The van der Waals surface area contributed by atoms with Crippen LogP contribution < -0.4 is 9.47 Å². The van der Waals surface area contributed by atoms with E-state index in [1.165, 1.54) is 6.92 Å². The van der Waals surface area contributed by atoms with Gasteiger partial charge in [-0.2, -0.15) is 0 Å². The van der Waals surface area contributed by atoms with Crippen LogP contribution >= 0.6 is 19.2 Å². The van der Waals surface area contributed by atoms with Gasteiger partial charge in [-0.15, -0.1) is 0 Å². The van der Waals surface area contributed by atoms with Gasteiger partial charge in [0.15, 0.2) is 0 Å². The second kappa shape index (κ2) is 11.6. The Bertz CT molecular complexity index is 616. The Morgan fingerprint density at radius 1 is 1.15 bits per heavy atom. The first kappa shape index (κ1) is 23.0. The van der Waals surface area contributed by atoms with Crippen molar-refractivity contribution in [3.05, 3.63) is 23.2 Å². The molecule has 26 heavy (non-hydrogen) atoms. The Kier molecular flexibility index (Phi) is 10.3. The van der Waals surface area contributed by atoms with Crippen LogP contribution in [-0.4, -0.2) is 34.9 Å². The summed E-state index contributed by atoms with van der Waals surface area (Å²) in [4.78, 5) is 29.6. The summed E-state index contributed by atoms with van der Waals surface area (Å²) in [5.41, 5.74) is -1.15. The predicted octanol–water partition coefficient (Wildman–Crippen LogP) is 4.59. The minimum absolute atomic E-state index is 0.249. The van der Waals surface area contributed by atoms with Gasteiger partial charge in [-0.05, 0) is 31.9 Å². The maximum atomic E-state index is 11.3. The number of halogens is 1. The van der Waals surface area contributed by atoms with Gasteiger partial charge in [0.25, 0.3) is 0 Å². The molecule has 1 aromatic carbocycles. The molecule has 0 saturated carbocycles. The Morgan fingerprint density at radius 3 is 2.31 bits per heavy atom. The third kappa shape index (κ3) is 8.54. The first-order valence-electron chi connectivity index (χ1n) is 8.77. The van der Waals surface area contributed by atoms with E-state index in [1.54, 1.807) is 25.3 Å². The largest absolute Gasteiger partial charge is 0.497 e. The molecule has 0 spiro atoms. The molecule has 148 valence electrons.